The first-order valence-corrected chi connectivity index (χ1v) is 6.61. The topological polar surface area (TPSA) is 32.3 Å². The van der Waals surface area contributed by atoms with Gasteiger partial charge in [0.2, 0.25) is 5.91 Å². The summed E-state index contributed by atoms with van der Waals surface area (Å²) in [5.74, 6) is 0.166. The SMILES string of the molecule is CNCCC(=O)N(Cc1cccc(Cl)c1)C(C)C. The summed E-state index contributed by atoms with van der Waals surface area (Å²) in [6, 6.07) is 7.84. The molecule has 1 aromatic carbocycles. The first-order valence-electron chi connectivity index (χ1n) is 6.23. The van der Waals surface area contributed by atoms with Gasteiger partial charge in [0.25, 0.3) is 0 Å². The number of rotatable bonds is 6. The van der Waals surface area contributed by atoms with Gasteiger partial charge in [0, 0.05) is 30.6 Å². The average Bonchev–Trinajstić information content (AvgIpc) is 2.32. The van der Waals surface area contributed by atoms with Crippen LogP contribution in [0.1, 0.15) is 25.8 Å². The Morgan fingerprint density at radius 2 is 2.17 bits per heavy atom. The molecular weight excluding hydrogens is 248 g/mol. The Bertz CT molecular complexity index is 393. The zero-order valence-corrected chi connectivity index (χ0v) is 12.0. The molecule has 0 aliphatic carbocycles. The summed E-state index contributed by atoms with van der Waals surface area (Å²) in [7, 11) is 1.85. The van der Waals surface area contributed by atoms with Crippen molar-refractivity contribution >= 4 is 17.5 Å². The lowest BCUT2D eigenvalue weighted by Gasteiger charge is -2.27. The molecule has 1 rings (SSSR count). The Labute approximate surface area is 114 Å². The van der Waals surface area contributed by atoms with Gasteiger partial charge in [-0.3, -0.25) is 4.79 Å². The monoisotopic (exact) mass is 268 g/mol. The van der Waals surface area contributed by atoms with Crippen LogP contribution in [0.25, 0.3) is 0 Å². The number of nitrogens with zero attached hydrogens (tertiary/aromatic N) is 1. The summed E-state index contributed by atoms with van der Waals surface area (Å²) >= 11 is 5.96. The van der Waals surface area contributed by atoms with Crippen LogP contribution < -0.4 is 5.32 Å². The maximum absolute atomic E-state index is 12.1. The van der Waals surface area contributed by atoms with Gasteiger partial charge in [-0.25, -0.2) is 0 Å². The summed E-state index contributed by atoms with van der Waals surface area (Å²) in [5, 5.41) is 3.70. The zero-order chi connectivity index (χ0) is 13.5. The van der Waals surface area contributed by atoms with E-state index < -0.39 is 0 Å². The molecule has 0 unspecified atom stereocenters. The molecule has 0 aromatic heterocycles. The fourth-order valence-electron chi connectivity index (χ4n) is 1.77. The lowest BCUT2D eigenvalue weighted by atomic mass is 10.1. The highest BCUT2D eigenvalue weighted by Crippen LogP contribution is 2.14. The van der Waals surface area contributed by atoms with E-state index in [9.17, 15) is 4.79 Å². The largest absolute Gasteiger partial charge is 0.336 e. The third kappa shape index (κ3) is 4.67. The van der Waals surface area contributed by atoms with Crippen molar-refractivity contribution in [2.24, 2.45) is 0 Å². The second-order valence-corrected chi connectivity index (χ2v) is 5.04. The maximum Gasteiger partial charge on any atom is 0.224 e. The van der Waals surface area contributed by atoms with Gasteiger partial charge >= 0.3 is 0 Å². The second-order valence-electron chi connectivity index (χ2n) is 4.60. The van der Waals surface area contributed by atoms with Crippen LogP contribution in [-0.2, 0) is 11.3 Å². The van der Waals surface area contributed by atoms with Gasteiger partial charge in [0.15, 0.2) is 0 Å². The van der Waals surface area contributed by atoms with Crippen LogP contribution in [0.4, 0.5) is 0 Å². The fraction of sp³-hybridized carbons (Fsp3) is 0.500. The van der Waals surface area contributed by atoms with Crippen molar-refractivity contribution in [3.8, 4) is 0 Å². The molecule has 3 nitrogen and oxygen atoms in total. The Morgan fingerprint density at radius 1 is 1.44 bits per heavy atom. The summed E-state index contributed by atoms with van der Waals surface area (Å²) in [5.41, 5.74) is 1.06. The van der Waals surface area contributed by atoms with E-state index in [0.717, 1.165) is 5.56 Å². The summed E-state index contributed by atoms with van der Waals surface area (Å²) < 4.78 is 0. The molecule has 1 amide bonds. The highest BCUT2D eigenvalue weighted by atomic mass is 35.5. The molecule has 0 saturated heterocycles. The minimum absolute atomic E-state index is 0.166. The molecule has 18 heavy (non-hydrogen) atoms. The minimum atomic E-state index is 0.166. The number of amides is 1. The summed E-state index contributed by atoms with van der Waals surface area (Å²) in [6.07, 6.45) is 0.523. The first kappa shape index (κ1) is 15.0. The van der Waals surface area contributed by atoms with Gasteiger partial charge in [-0.2, -0.15) is 0 Å². The molecule has 0 spiro atoms. The van der Waals surface area contributed by atoms with Crippen LogP contribution in [0.5, 0.6) is 0 Å². The van der Waals surface area contributed by atoms with E-state index >= 15 is 0 Å². The van der Waals surface area contributed by atoms with Crippen molar-refractivity contribution in [3.05, 3.63) is 34.9 Å². The quantitative estimate of drug-likeness (QED) is 0.860. The molecule has 0 heterocycles. The highest BCUT2D eigenvalue weighted by molar-refractivity contribution is 6.30. The number of hydrogen-bond acceptors (Lipinski definition) is 2. The molecule has 0 saturated carbocycles. The van der Waals surface area contributed by atoms with Crippen molar-refractivity contribution in [2.75, 3.05) is 13.6 Å². The molecule has 100 valence electrons. The van der Waals surface area contributed by atoms with Crippen LogP contribution >= 0.6 is 11.6 Å². The Morgan fingerprint density at radius 3 is 2.72 bits per heavy atom. The summed E-state index contributed by atoms with van der Waals surface area (Å²) in [4.78, 5) is 14.0. The van der Waals surface area contributed by atoms with Gasteiger partial charge in [0.05, 0.1) is 0 Å². The molecule has 0 radical (unpaired) electrons. The van der Waals surface area contributed by atoms with E-state index in [1.54, 1.807) is 0 Å². The number of hydrogen-bond donors (Lipinski definition) is 1. The predicted molar refractivity (Wildman–Crippen MR) is 75.7 cm³/mol. The zero-order valence-electron chi connectivity index (χ0n) is 11.2. The van der Waals surface area contributed by atoms with E-state index in [1.165, 1.54) is 0 Å². The van der Waals surface area contributed by atoms with Gasteiger partial charge in [-0.05, 0) is 38.6 Å². The van der Waals surface area contributed by atoms with E-state index in [1.807, 2.05) is 50.1 Å². The highest BCUT2D eigenvalue weighted by Gasteiger charge is 2.16. The minimum Gasteiger partial charge on any atom is -0.336 e. The second kappa shape index (κ2) is 7.39. The number of halogens is 1. The number of benzene rings is 1. The number of nitrogens with one attached hydrogen (secondary N) is 1. The van der Waals surface area contributed by atoms with Crippen molar-refractivity contribution in [1.29, 1.82) is 0 Å². The third-order valence-corrected chi connectivity index (χ3v) is 3.01. The van der Waals surface area contributed by atoms with Gasteiger partial charge in [0.1, 0.15) is 0 Å². The Balaban J connectivity index is 2.71. The lowest BCUT2D eigenvalue weighted by Crippen LogP contribution is -2.37. The van der Waals surface area contributed by atoms with Gasteiger partial charge in [-0.1, -0.05) is 23.7 Å². The Hall–Kier alpha value is -1.06. The standard InChI is InChI=1S/C14H21ClN2O/c1-11(2)17(14(18)7-8-16-3)10-12-5-4-6-13(15)9-12/h4-6,9,11,16H,7-8,10H2,1-3H3. The van der Waals surface area contributed by atoms with E-state index in [2.05, 4.69) is 5.32 Å². The molecule has 0 aliphatic rings. The first-order chi connectivity index (χ1) is 8.54. The van der Waals surface area contributed by atoms with Gasteiger partial charge in [-0.15, -0.1) is 0 Å². The third-order valence-electron chi connectivity index (χ3n) is 2.77. The average molecular weight is 269 g/mol. The van der Waals surface area contributed by atoms with E-state index in [4.69, 9.17) is 11.6 Å². The molecule has 0 bridgehead atoms. The number of carbonyl (C=O) groups is 1. The normalized spacial score (nSPS) is 10.7. The molecule has 1 N–H and O–H groups in total. The van der Waals surface area contributed by atoms with Crippen molar-refractivity contribution in [3.63, 3.8) is 0 Å². The van der Waals surface area contributed by atoms with Crippen LogP contribution in [0.15, 0.2) is 24.3 Å². The predicted octanol–water partition coefficient (Wildman–Crippen LogP) is 2.69. The molecular formula is C14H21ClN2O. The Kier molecular flexibility index (Phi) is 6.16. The van der Waals surface area contributed by atoms with Crippen molar-refractivity contribution in [1.82, 2.24) is 10.2 Å². The van der Waals surface area contributed by atoms with E-state index in [0.29, 0.717) is 24.5 Å². The summed E-state index contributed by atoms with van der Waals surface area (Å²) in [6.45, 7) is 5.38. The van der Waals surface area contributed by atoms with Crippen molar-refractivity contribution in [2.45, 2.75) is 32.9 Å². The van der Waals surface area contributed by atoms with Gasteiger partial charge < -0.3 is 10.2 Å². The van der Waals surface area contributed by atoms with Crippen LogP contribution in [0, 0.1) is 0 Å². The molecule has 4 heteroatoms. The lowest BCUT2D eigenvalue weighted by molar-refractivity contribution is -0.133. The van der Waals surface area contributed by atoms with Crippen molar-refractivity contribution < 1.29 is 4.79 Å². The molecule has 0 aliphatic heterocycles. The molecule has 0 fully saturated rings. The van der Waals surface area contributed by atoms with Crippen LogP contribution in [0.2, 0.25) is 5.02 Å². The maximum atomic E-state index is 12.1. The fourth-order valence-corrected chi connectivity index (χ4v) is 1.98. The van der Waals surface area contributed by atoms with Crippen LogP contribution in [0.3, 0.4) is 0 Å². The smallest absolute Gasteiger partial charge is 0.224 e. The number of carbonyl (C=O) groups excluding carboxylic acids is 1. The van der Waals surface area contributed by atoms with E-state index in [-0.39, 0.29) is 11.9 Å². The molecule has 1 aromatic rings. The van der Waals surface area contributed by atoms with Crippen LogP contribution in [-0.4, -0.2) is 30.4 Å². The molecule has 0 atom stereocenters.